The lowest BCUT2D eigenvalue weighted by Crippen LogP contribution is -2.24. The minimum Gasteiger partial charge on any atom is -0.497 e. The summed E-state index contributed by atoms with van der Waals surface area (Å²) in [5.74, 6) is 1.96. The van der Waals surface area contributed by atoms with E-state index >= 15 is 0 Å². The Balaban J connectivity index is 1.46. The fourth-order valence-electron chi connectivity index (χ4n) is 3.44. The minimum absolute atomic E-state index is 0.0465. The Kier molecular flexibility index (Phi) is 4.86. The molecule has 2 aromatic carbocycles. The summed E-state index contributed by atoms with van der Waals surface area (Å²) in [5, 5.41) is 4.14. The Labute approximate surface area is 164 Å². The Hall–Kier alpha value is -3.15. The Morgan fingerprint density at radius 3 is 2.64 bits per heavy atom. The highest BCUT2D eigenvalue weighted by molar-refractivity contribution is 5.79. The summed E-state index contributed by atoms with van der Waals surface area (Å²) in [5.41, 5.74) is 4.37. The van der Waals surface area contributed by atoms with Crippen LogP contribution in [0.5, 0.6) is 5.75 Å². The average molecular weight is 377 g/mol. The van der Waals surface area contributed by atoms with Gasteiger partial charge in [0, 0.05) is 31.0 Å². The van der Waals surface area contributed by atoms with E-state index in [1.807, 2.05) is 47.4 Å². The number of nitrogens with zero attached hydrogens (tertiary/aromatic N) is 3. The molecule has 2 heterocycles. The maximum absolute atomic E-state index is 12.5. The summed E-state index contributed by atoms with van der Waals surface area (Å²) in [6.45, 7) is 5.29. The first-order chi connectivity index (χ1) is 13.5. The van der Waals surface area contributed by atoms with E-state index in [0.29, 0.717) is 31.2 Å². The van der Waals surface area contributed by atoms with E-state index in [1.165, 1.54) is 11.1 Å². The zero-order chi connectivity index (χ0) is 19.7. The van der Waals surface area contributed by atoms with Gasteiger partial charge in [0.15, 0.2) is 5.82 Å². The van der Waals surface area contributed by atoms with Crippen LogP contribution >= 0.6 is 0 Å². The zero-order valence-electron chi connectivity index (χ0n) is 16.3. The van der Waals surface area contributed by atoms with Crippen molar-refractivity contribution in [3.8, 4) is 17.2 Å². The van der Waals surface area contributed by atoms with Gasteiger partial charge in [-0.2, -0.15) is 4.98 Å². The van der Waals surface area contributed by atoms with E-state index < -0.39 is 0 Å². The number of hydrogen-bond donors (Lipinski definition) is 0. The van der Waals surface area contributed by atoms with Crippen LogP contribution in [0.4, 0.5) is 0 Å². The fraction of sp³-hybridized carbons (Fsp3) is 0.318. The van der Waals surface area contributed by atoms with Crippen LogP contribution in [-0.4, -0.2) is 34.6 Å². The van der Waals surface area contributed by atoms with Gasteiger partial charge in [0.25, 0.3) is 5.89 Å². The number of hydrogen-bond acceptors (Lipinski definition) is 5. The van der Waals surface area contributed by atoms with E-state index in [1.54, 1.807) is 7.11 Å². The highest BCUT2D eigenvalue weighted by atomic mass is 16.5. The largest absolute Gasteiger partial charge is 0.497 e. The second kappa shape index (κ2) is 7.46. The van der Waals surface area contributed by atoms with Crippen LogP contribution in [-0.2, 0) is 11.3 Å². The van der Waals surface area contributed by atoms with E-state index in [-0.39, 0.29) is 11.8 Å². The highest BCUT2D eigenvalue weighted by Crippen LogP contribution is 2.30. The molecule has 28 heavy (non-hydrogen) atoms. The number of carbonyl (C=O) groups excluding carboxylic acids is 1. The molecule has 0 spiro atoms. The standard InChI is InChI=1S/C22H23N3O3/c1-14-4-7-17(10-15(14)2)22-23-21(24-28-22)18-11-20(26)25(13-18)12-16-5-8-19(27-3)9-6-16/h4-10,18H,11-13H2,1-3H3. The van der Waals surface area contributed by atoms with Crippen LogP contribution in [0, 0.1) is 13.8 Å². The van der Waals surface area contributed by atoms with E-state index in [4.69, 9.17) is 9.26 Å². The summed E-state index contributed by atoms with van der Waals surface area (Å²) < 4.78 is 10.6. The number of aryl methyl sites for hydroxylation is 2. The minimum atomic E-state index is -0.0465. The predicted octanol–water partition coefficient (Wildman–Crippen LogP) is 3.88. The second-order valence-corrected chi connectivity index (χ2v) is 7.28. The SMILES string of the molecule is COc1ccc(CN2CC(c3noc(-c4ccc(C)c(C)c4)n3)CC2=O)cc1. The van der Waals surface area contributed by atoms with Gasteiger partial charge in [-0.05, 0) is 54.8 Å². The van der Waals surface area contributed by atoms with Crippen molar-refractivity contribution in [3.05, 3.63) is 65.0 Å². The molecule has 1 aromatic heterocycles. The molecule has 1 aliphatic rings. The number of likely N-dealkylation sites (tertiary alicyclic amines) is 1. The third kappa shape index (κ3) is 3.63. The molecule has 3 aromatic rings. The maximum atomic E-state index is 12.5. The average Bonchev–Trinajstić information content (AvgIpc) is 3.32. The Morgan fingerprint density at radius 1 is 1.14 bits per heavy atom. The molecule has 0 radical (unpaired) electrons. The first kappa shape index (κ1) is 18.2. The van der Waals surface area contributed by atoms with Crippen molar-refractivity contribution in [1.82, 2.24) is 15.0 Å². The van der Waals surface area contributed by atoms with Gasteiger partial charge < -0.3 is 14.2 Å². The molecule has 1 unspecified atom stereocenters. The van der Waals surface area contributed by atoms with Gasteiger partial charge in [-0.3, -0.25) is 4.79 Å². The maximum Gasteiger partial charge on any atom is 0.257 e. The molecule has 1 amide bonds. The number of methoxy groups -OCH3 is 1. The van der Waals surface area contributed by atoms with Crippen LogP contribution < -0.4 is 4.74 Å². The van der Waals surface area contributed by atoms with Gasteiger partial charge in [-0.1, -0.05) is 23.4 Å². The van der Waals surface area contributed by atoms with Crippen LogP contribution in [0.25, 0.3) is 11.5 Å². The smallest absolute Gasteiger partial charge is 0.257 e. The number of benzene rings is 2. The van der Waals surface area contributed by atoms with E-state index in [0.717, 1.165) is 16.9 Å². The van der Waals surface area contributed by atoms with Crippen molar-refractivity contribution in [2.45, 2.75) is 32.7 Å². The summed E-state index contributed by atoms with van der Waals surface area (Å²) in [6, 6.07) is 13.8. The lowest BCUT2D eigenvalue weighted by atomic mass is 10.1. The van der Waals surface area contributed by atoms with Gasteiger partial charge in [0.2, 0.25) is 5.91 Å². The van der Waals surface area contributed by atoms with Gasteiger partial charge >= 0.3 is 0 Å². The van der Waals surface area contributed by atoms with Gasteiger partial charge in [0.05, 0.1) is 7.11 Å². The molecule has 0 bridgehead atoms. The van der Waals surface area contributed by atoms with Crippen LogP contribution in [0.3, 0.4) is 0 Å². The van der Waals surface area contributed by atoms with Crippen molar-refractivity contribution < 1.29 is 14.1 Å². The number of ether oxygens (including phenoxy) is 1. The Bertz CT molecular complexity index is 995. The van der Waals surface area contributed by atoms with Crippen LogP contribution in [0.15, 0.2) is 47.0 Å². The first-order valence-electron chi connectivity index (χ1n) is 9.35. The molecule has 1 fully saturated rings. The first-order valence-corrected chi connectivity index (χ1v) is 9.35. The second-order valence-electron chi connectivity index (χ2n) is 7.28. The monoisotopic (exact) mass is 377 g/mol. The molecule has 144 valence electrons. The fourth-order valence-corrected chi connectivity index (χ4v) is 3.44. The number of aromatic nitrogens is 2. The Morgan fingerprint density at radius 2 is 1.93 bits per heavy atom. The van der Waals surface area contributed by atoms with Crippen molar-refractivity contribution >= 4 is 5.91 Å². The number of amides is 1. The lowest BCUT2D eigenvalue weighted by Gasteiger charge is -2.16. The van der Waals surface area contributed by atoms with Crippen molar-refractivity contribution in [3.63, 3.8) is 0 Å². The van der Waals surface area contributed by atoms with Gasteiger partial charge in [-0.25, -0.2) is 0 Å². The topological polar surface area (TPSA) is 68.5 Å². The molecule has 6 nitrogen and oxygen atoms in total. The summed E-state index contributed by atoms with van der Waals surface area (Å²) in [6.07, 6.45) is 0.405. The van der Waals surface area contributed by atoms with E-state index in [9.17, 15) is 4.79 Å². The van der Waals surface area contributed by atoms with Crippen molar-refractivity contribution in [2.75, 3.05) is 13.7 Å². The van der Waals surface area contributed by atoms with Crippen molar-refractivity contribution in [1.29, 1.82) is 0 Å². The number of rotatable bonds is 5. The van der Waals surface area contributed by atoms with Gasteiger partial charge in [-0.15, -0.1) is 0 Å². The van der Waals surface area contributed by atoms with Crippen molar-refractivity contribution in [2.24, 2.45) is 0 Å². The third-order valence-electron chi connectivity index (χ3n) is 5.31. The lowest BCUT2D eigenvalue weighted by molar-refractivity contribution is -0.128. The van der Waals surface area contributed by atoms with Crippen LogP contribution in [0.1, 0.15) is 34.9 Å². The summed E-state index contributed by atoms with van der Waals surface area (Å²) >= 11 is 0. The molecule has 4 rings (SSSR count). The zero-order valence-corrected chi connectivity index (χ0v) is 16.3. The predicted molar refractivity (Wildman–Crippen MR) is 105 cm³/mol. The normalized spacial score (nSPS) is 16.6. The molecule has 1 atom stereocenters. The summed E-state index contributed by atoms with van der Waals surface area (Å²) in [7, 11) is 1.64. The van der Waals surface area contributed by atoms with E-state index in [2.05, 4.69) is 24.0 Å². The molecule has 0 N–H and O–H groups in total. The molecule has 6 heteroatoms. The quantitative estimate of drug-likeness (QED) is 0.675. The summed E-state index contributed by atoms with van der Waals surface area (Å²) in [4.78, 5) is 18.9. The molecule has 1 saturated heterocycles. The van der Waals surface area contributed by atoms with Gasteiger partial charge in [0.1, 0.15) is 5.75 Å². The number of carbonyl (C=O) groups is 1. The molecular formula is C22H23N3O3. The molecule has 0 saturated carbocycles. The molecule has 0 aliphatic carbocycles. The molecule has 1 aliphatic heterocycles. The third-order valence-corrected chi connectivity index (χ3v) is 5.31. The van der Waals surface area contributed by atoms with Crippen LogP contribution in [0.2, 0.25) is 0 Å². The molecular weight excluding hydrogens is 354 g/mol. The highest BCUT2D eigenvalue weighted by Gasteiger charge is 2.33.